The number of nitrogens with zero attached hydrogens (tertiary/aromatic N) is 3. The number of fused-ring (bicyclic) bond motifs is 1. The van der Waals surface area contributed by atoms with Crippen LogP contribution >= 0.6 is 0 Å². The highest BCUT2D eigenvalue weighted by atomic mass is 16.1. The van der Waals surface area contributed by atoms with Crippen LogP contribution in [0.1, 0.15) is 19.0 Å². The largest absolute Gasteiger partial charge is 0.350 e. The van der Waals surface area contributed by atoms with Gasteiger partial charge >= 0.3 is 0 Å². The molecule has 22 heavy (non-hydrogen) atoms. The van der Waals surface area contributed by atoms with Crippen molar-refractivity contribution in [2.24, 2.45) is 0 Å². The molecule has 0 aliphatic carbocycles. The molecule has 5 heteroatoms. The summed E-state index contributed by atoms with van der Waals surface area (Å²) in [6.45, 7) is 3.22. The van der Waals surface area contributed by atoms with Crippen LogP contribution in [0.5, 0.6) is 0 Å². The maximum Gasteiger partial charge on any atom is 0.262 e. The van der Waals surface area contributed by atoms with Gasteiger partial charge in [-0.1, -0.05) is 25.1 Å². The molecule has 0 aliphatic rings. The Morgan fingerprint density at radius 2 is 1.95 bits per heavy atom. The fraction of sp³-hybridized carbons (Fsp3) is 0.235. The summed E-state index contributed by atoms with van der Waals surface area (Å²) in [5, 5.41) is 3.89. The number of pyridine rings is 1. The lowest BCUT2D eigenvalue weighted by molar-refractivity contribution is 0.652. The van der Waals surface area contributed by atoms with E-state index in [1.54, 1.807) is 10.8 Å². The molecule has 2 aromatic heterocycles. The summed E-state index contributed by atoms with van der Waals surface area (Å²) in [5.41, 5.74) is 1.62. The first kappa shape index (κ1) is 14.3. The lowest BCUT2D eigenvalue weighted by Crippen LogP contribution is -2.25. The molecule has 0 atom stereocenters. The van der Waals surface area contributed by atoms with Crippen molar-refractivity contribution in [3.05, 3.63) is 64.7 Å². The SMILES string of the molecule is CCCn1c(NCc2ccccn2)nc2ccccc2c1=O. The molecule has 0 aliphatic heterocycles. The highest BCUT2D eigenvalue weighted by molar-refractivity contribution is 5.78. The number of aromatic nitrogens is 3. The number of nitrogens with one attached hydrogen (secondary N) is 1. The number of para-hydroxylation sites is 1. The smallest absolute Gasteiger partial charge is 0.262 e. The molecule has 0 saturated heterocycles. The summed E-state index contributed by atoms with van der Waals surface area (Å²) in [6.07, 6.45) is 2.63. The van der Waals surface area contributed by atoms with Crippen molar-refractivity contribution < 1.29 is 0 Å². The molecule has 3 rings (SSSR count). The predicted octanol–water partition coefficient (Wildman–Crippen LogP) is 2.81. The van der Waals surface area contributed by atoms with E-state index in [-0.39, 0.29) is 5.56 Å². The number of benzene rings is 1. The average Bonchev–Trinajstić information content (AvgIpc) is 2.57. The molecular weight excluding hydrogens is 276 g/mol. The van der Waals surface area contributed by atoms with Gasteiger partial charge in [-0.3, -0.25) is 14.3 Å². The Morgan fingerprint density at radius 3 is 2.73 bits per heavy atom. The van der Waals surface area contributed by atoms with Crippen molar-refractivity contribution in [3.63, 3.8) is 0 Å². The highest BCUT2D eigenvalue weighted by Gasteiger charge is 2.10. The van der Waals surface area contributed by atoms with Gasteiger partial charge in [0.1, 0.15) is 0 Å². The van der Waals surface area contributed by atoms with Gasteiger partial charge in [0.25, 0.3) is 5.56 Å². The standard InChI is InChI=1S/C17H18N4O/c1-2-11-21-16(22)14-8-3-4-9-15(14)20-17(21)19-12-13-7-5-6-10-18-13/h3-10H,2,11-12H2,1H3,(H,19,20). The van der Waals surface area contributed by atoms with E-state index in [2.05, 4.69) is 15.3 Å². The number of anilines is 1. The Morgan fingerprint density at radius 1 is 1.14 bits per heavy atom. The van der Waals surface area contributed by atoms with E-state index in [1.807, 2.05) is 49.4 Å². The lowest BCUT2D eigenvalue weighted by atomic mass is 10.2. The van der Waals surface area contributed by atoms with Crippen molar-refractivity contribution in [1.82, 2.24) is 14.5 Å². The van der Waals surface area contributed by atoms with E-state index in [9.17, 15) is 4.79 Å². The minimum absolute atomic E-state index is 0.00373. The lowest BCUT2D eigenvalue weighted by Gasteiger charge is -2.14. The van der Waals surface area contributed by atoms with E-state index in [0.29, 0.717) is 29.9 Å². The average molecular weight is 294 g/mol. The Kier molecular flexibility index (Phi) is 4.14. The van der Waals surface area contributed by atoms with E-state index >= 15 is 0 Å². The monoisotopic (exact) mass is 294 g/mol. The second-order valence-electron chi connectivity index (χ2n) is 5.08. The topological polar surface area (TPSA) is 59.8 Å². The zero-order chi connectivity index (χ0) is 15.4. The molecule has 0 radical (unpaired) electrons. The van der Waals surface area contributed by atoms with Crippen molar-refractivity contribution in [1.29, 1.82) is 0 Å². The van der Waals surface area contributed by atoms with Gasteiger partial charge in [0.15, 0.2) is 0 Å². The molecule has 0 spiro atoms. The van der Waals surface area contributed by atoms with Gasteiger partial charge in [-0.2, -0.15) is 0 Å². The van der Waals surface area contributed by atoms with E-state index in [4.69, 9.17) is 0 Å². The first-order chi connectivity index (χ1) is 10.8. The van der Waals surface area contributed by atoms with Crippen LogP contribution in [0.3, 0.4) is 0 Å². The fourth-order valence-corrected chi connectivity index (χ4v) is 2.41. The maximum atomic E-state index is 12.6. The minimum Gasteiger partial charge on any atom is -0.350 e. The number of hydrogen-bond acceptors (Lipinski definition) is 4. The Bertz CT molecular complexity index is 827. The third kappa shape index (κ3) is 2.83. The van der Waals surface area contributed by atoms with Gasteiger partial charge in [-0.25, -0.2) is 4.98 Å². The normalized spacial score (nSPS) is 10.8. The summed E-state index contributed by atoms with van der Waals surface area (Å²) in [6, 6.07) is 13.2. The zero-order valence-corrected chi connectivity index (χ0v) is 12.5. The minimum atomic E-state index is -0.00373. The van der Waals surface area contributed by atoms with Crippen LogP contribution in [0.2, 0.25) is 0 Å². The summed E-state index contributed by atoms with van der Waals surface area (Å²) in [7, 11) is 0. The number of rotatable bonds is 5. The first-order valence-electron chi connectivity index (χ1n) is 7.43. The van der Waals surface area contributed by atoms with Crippen LogP contribution in [0.4, 0.5) is 5.95 Å². The van der Waals surface area contributed by atoms with Crippen LogP contribution in [0.15, 0.2) is 53.5 Å². The van der Waals surface area contributed by atoms with Gasteiger partial charge in [-0.05, 0) is 30.7 Å². The molecule has 2 heterocycles. The molecule has 5 nitrogen and oxygen atoms in total. The molecule has 1 aromatic carbocycles. The van der Waals surface area contributed by atoms with Gasteiger partial charge in [0.2, 0.25) is 5.95 Å². The molecule has 0 amide bonds. The van der Waals surface area contributed by atoms with Crippen LogP contribution in [-0.2, 0) is 13.1 Å². The van der Waals surface area contributed by atoms with Crippen LogP contribution in [0.25, 0.3) is 10.9 Å². The van der Waals surface area contributed by atoms with Gasteiger partial charge in [0, 0.05) is 12.7 Å². The summed E-state index contributed by atoms with van der Waals surface area (Å²) < 4.78 is 1.70. The molecule has 3 aromatic rings. The van der Waals surface area contributed by atoms with Gasteiger partial charge in [0.05, 0.1) is 23.1 Å². The van der Waals surface area contributed by atoms with Crippen molar-refractivity contribution in [3.8, 4) is 0 Å². The van der Waals surface area contributed by atoms with Crippen LogP contribution in [0, 0.1) is 0 Å². The third-order valence-corrected chi connectivity index (χ3v) is 3.46. The Balaban J connectivity index is 2.00. The third-order valence-electron chi connectivity index (χ3n) is 3.46. The van der Waals surface area contributed by atoms with Crippen LogP contribution in [-0.4, -0.2) is 14.5 Å². The molecule has 0 saturated carbocycles. The summed E-state index contributed by atoms with van der Waals surface area (Å²) >= 11 is 0. The molecule has 1 N–H and O–H groups in total. The van der Waals surface area contributed by atoms with E-state index in [1.165, 1.54) is 0 Å². The first-order valence-corrected chi connectivity index (χ1v) is 7.43. The molecule has 0 fully saturated rings. The summed E-state index contributed by atoms with van der Waals surface area (Å²) in [4.78, 5) is 21.5. The number of hydrogen-bond donors (Lipinski definition) is 1. The van der Waals surface area contributed by atoms with E-state index in [0.717, 1.165) is 12.1 Å². The molecule has 0 unspecified atom stereocenters. The summed E-state index contributed by atoms with van der Waals surface area (Å²) in [5.74, 6) is 0.594. The van der Waals surface area contributed by atoms with Crippen molar-refractivity contribution in [2.75, 3.05) is 5.32 Å². The van der Waals surface area contributed by atoms with Crippen molar-refractivity contribution in [2.45, 2.75) is 26.4 Å². The zero-order valence-electron chi connectivity index (χ0n) is 12.5. The molecule has 0 bridgehead atoms. The second kappa shape index (κ2) is 6.39. The fourth-order valence-electron chi connectivity index (χ4n) is 2.41. The highest BCUT2D eigenvalue weighted by Crippen LogP contribution is 2.12. The second-order valence-corrected chi connectivity index (χ2v) is 5.08. The molecule has 112 valence electrons. The predicted molar refractivity (Wildman–Crippen MR) is 87.9 cm³/mol. The Hall–Kier alpha value is -2.69. The van der Waals surface area contributed by atoms with Crippen molar-refractivity contribution >= 4 is 16.9 Å². The maximum absolute atomic E-state index is 12.6. The van der Waals surface area contributed by atoms with Crippen LogP contribution < -0.4 is 10.9 Å². The van der Waals surface area contributed by atoms with Gasteiger partial charge in [-0.15, -0.1) is 0 Å². The molecular formula is C17H18N4O. The van der Waals surface area contributed by atoms with E-state index < -0.39 is 0 Å². The Labute approximate surface area is 128 Å². The quantitative estimate of drug-likeness (QED) is 0.786. The van der Waals surface area contributed by atoms with Gasteiger partial charge < -0.3 is 5.32 Å².